The Morgan fingerprint density at radius 3 is 2.89 bits per heavy atom. The lowest BCUT2D eigenvalue weighted by molar-refractivity contribution is -0.0468. The normalized spacial score (nSPS) is 28.3. The average molecular weight is 283 g/mol. The van der Waals surface area contributed by atoms with Gasteiger partial charge in [-0.15, -0.1) is 0 Å². The number of nitrogens with zero attached hydrogens (tertiary/aromatic N) is 5. The van der Waals surface area contributed by atoms with E-state index < -0.39 is 0 Å². The summed E-state index contributed by atoms with van der Waals surface area (Å²) in [4.78, 5) is 11.4. The summed E-state index contributed by atoms with van der Waals surface area (Å²) < 4.78 is 10.0. The van der Waals surface area contributed by atoms with Gasteiger partial charge in [0.05, 0.1) is 19.3 Å². The van der Waals surface area contributed by atoms with Crippen molar-refractivity contribution in [2.24, 2.45) is 0 Å². The molecule has 1 aromatic heterocycles. The second-order valence-electron chi connectivity index (χ2n) is 5.50. The smallest absolute Gasteiger partial charge is 0.238 e. The number of hydrogen-bond acceptors (Lipinski definition) is 7. The van der Waals surface area contributed by atoms with Crippen molar-refractivity contribution in [2.75, 3.05) is 56.7 Å². The predicted octanol–water partition coefficient (Wildman–Crippen LogP) is 0.513. The predicted molar refractivity (Wildman–Crippen MR) is 77.2 cm³/mol. The van der Waals surface area contributed by atoms with E-state index in [9.17, 15) is 0 Å². The zero-order valence-corrected chi connectivity index (χ0v) is 12.6. The summed E-state index contributed by atoms with van der Waals surface area (Å²) in [6, 6.07) is 1.02. The number of ether oxygens (including phenoxy) is 1. The van der Waals surface area contributed by atoms with Crippen LogP contribution in [0.4, 0.5) is 11.1 Å². The summed E-state index contributed by atoms with van der Waals surface area (Å²) in [6.45, 7) is 7.05. The van der Waals surface area contributed by atoms with Crippen LogP contribution < -0.4 is 9.80 Å². The molecule has 0 unspecified atom stereocenters. The first-order valence-electron chi connectivity index (χ1n) is 6.74. The van der Waals surface area contributed by atoms with Crippen LogP contribution in [0.15, 0.2) is 0 Å². The van der Waals surface area contributed by atoms with Crippen LogP contribution in [0, 0.1) is 0 Å². The number of rotatable bonds is 2. The van der Waals surface area contributed by atoms with E-state index in [-0.39, 0.29) is 0 Å². The average Bonchev–Trinajstić information content (AvgIpc) is 2.88. The van der Waals surface area contributed by atoms with E-state index >= 15 is 0 Å². The molecule has 0 N–H and O–H groups in total. The summed E-state index contributed by atoms with van der Waals surface area (Å²) in [6.07, 6.45) is 0. The van der Waals surface area contributed by atoms with E-state index in [0.717, 1.165) is 43.9 Å². The molecule has 2 atom stereocenters. The maximum Gasteiger partial charge on any atom is 0.238 e. The van der Waals surface area contributed by atoms with Crippen molar-refractivity contribution in [1.82, 2.24) is 14.3 Å². The Kier molecular flexibility index (Phi) is 3.60. The highest BCUT2D eigenvalue weighted by Crippen LogP contribution is 2.26. The van der Waals surface area contributed by atoms with Crippen LogP contribution in [0.25, 0.3) is 0 Å². The standard InChI is InChI=1S/C12H21N5OS/c1-9-7-18-8-10-6-16(4-5-17(9)10)12-13-11(14-19-12)15(2)3/h9-10H,4-8H2,1-3H3/t9-,10+/m0/s1. The summed E-state index contributed by atoms with van der Waals surface area (Å²) in [7, 11) is 3.95. The fraction of sp³-hybridized carbons (Fsp3) is 0.833. The summed E-state index contributed by atoms with van der Waals surface area (Å²) in [5, 5.41) is 1.03. The summed E-state index contributed by atoms with van der Waals surface area (Å²) in [5.41, 5.74) is 0. The molecule has 1 aromatic rings. The number of anilines is 2. The Hall–Kier alpha value is -0.920. The van der Waals surface area contributed by atoms with Crippen LogP contribution in [0.5, 0.6) is 0 Å². The first-order chi connectivity index (χ1) is 9.15. The van der Waals surface area contributed by atoms with Gasteiger partial charge in [-0.3, -0.25) is 4.90 Å². The Morgan fingerprint density at radius 1 is 1.32 bits per heavy atom. The monoisotopic (exact) mass is 283 g/mol. The van der Waals surface area contributed by atoms with Crippen molar-refractivity contribution in [3.63, 3.8) is 0 Å². The molecule has 7 heteroatoms. The molecule has 0 radical (unpaired) electrons. The van der Waals surface area contributed by atoms with E-state index in [1.54, 1.807) is 0 Å². The largest absolute Gasteiger partial charge is 0.378 e. The van der Waals surface area contributed by atoms with Crippen molar-refractivity contribution < 1.29 is 4.74 Å². The van der Waals surface area contributed by atoms with Gasteiger partial charge >= 0.3 is 0 Å². The lowest BCUT2D eigenvalue weighted by Gasteiger charge is -2.46. The highest BCUT2D eigenvalue weighted by Gasteiger charge is 2.34. The van der Waals surface area contributed by atoms with Crippen LogP contribution in [-0.4, -0.2) is 73.3 Å². The molecule has 0 spiro atoms. The molecule has 0 aromatic carbocycles. The maximum absolute atomic E-state index is 5.67. The van der Waals surface area contributed by atoms with Gasteiger partial charge in [0.1, 0.15) is 0 Å². The topological polar surface area (TPSA) is 44.7 Å². The third-order valence-corrected chi connectivity index (χ3v) is 4.61. The number of hydrogen-bond donors (Lipinski definition) is 0. The Morgan fingerprint density at radius 2 is 2.16 bits per heavy atom. The zero-order chi connectivity index (χ0) is 13.4. The van der Waals surface area contributed by atoms with E-state index in [2.05, 4.69) is 26.1 Å². The number of fused-ring (bicyclic) bond motifs is 1. The highest BCUT2D eigenvalue weighted by molar-refractivity contribution is 7.09. The Bertz CT molecular complexity index is 438. The van der Waals surface area contributed by atoms with Gasteiger partial charge in [-0.25, -0.2) is 0 Å². The van der Waals surface area contributed by atoms with Crippen molar-refractivity contribution in [1.29, 1.82) is 0 Å². The lowest BCUT2D eigenvalue weighted by Crippen LogP contribution is -2.61. The fourth-order valence-corrected chi connectivity index (χ4v) is 3.53. The van der Waals surface area contributed by atoms with E-state index in [4.69, 9.17) is 4.74 Å². The first kappa shape index (κ1) is 13.1. The van der Waals surface area contributed by atoms with Crippen molar-refractivity contribution >= 4 is 22.6 Å². The van der Waals surface area contributed by atoms with Crippen LogP contribution in [-0.2, 0) is 4.74 Å². The zero-order valence-electron chi connectivity index (χ0n) is 11.7. The minimum atomic E-state index is 0.490. The minimum absolute atomic E-state index is 0.490. The summed E-state index contributed by atoms with van der Waals surface area (Å²) >= 11 is 1.49. The number of morpholine rings is 1. The van der Waals surface area contributed by atoms with Gasteiger partial charge in [0, 0.05) is 51.3 Å². The molecule has 0 aliphatic carbocycles. The van der Waals surface area contributed by atoms with Gasteiger partial charge in [-0.1, -0.05) is 0 Å². The number of aromatic nitrogens is 2. The third kappa shape index (κ3) is 2.54. The molecule has 2 aliphatic heterocycles. The second-order valence-corrected chi connectivity index (χ2v) is 6.23. The van der Waals surface area contributed by atoms with Crippen LogP contribution in [0.1, 0.15) is 6.92 Å². The van der Waals surface area contributed by atoms with Crippen molar-refractivity contribution in [3.05, 3.63) is 0 Å². The van der Waals surface area contributed by atoms with Gasteiger partial charge < -0.3 is 14.5 Å². The molecule has 0 bridgehead atoms. The molecule has 3 rings (SSSR count). The second kappa shape index (κ2) is 5.22. The molecule has 2 aliphatic rings. The quantitative estimate of drug-likeness (QED) is 0.788. The third-order valence-electron chi connectivity index (χ3n) is 3.84. The van der Waals surface area contributed by atoms with Crippen molar-refractivity contribution in [2.45, 2.75) is 19.0 Å². The van der Waals surface area contributed by atoms with Crippen LogP contribution in [0.2, 0.25) is 0 Å². The first-order valence-corrected chi connectivity index (χ1v) is 7.52. The Balaban J connectivity index is 1.70. The lowest BCUT2D eigenvalue weighted by atomic mass is 10.1. The van der Waals surface area contributed by atoms with Gasteiger partial charge in [0.15, 0.2) is 0 Å². The summed E-state index contributed by atoms with van der Waals surface area (Å²) in [5.74, 6) is 0.802. The van der Waals surface area contributed by atoms with Gasteiger partial charge in [0.25, 0.3) is 0 Å². The molecular weight excluding hydrogens is 262 g/mol. The molecule has 3 heterocycles. The fourth-order valence-electron chi connectivity index (χ4n) is 2.76. The molecule has 6 nitrogen and oxygen atoms in total. The molecule has 19 heavy (non-hydrogen) atoms. The van der Waals surface area contributed by atoms with Gasteiger partial charge in [-0.05, 0) is 6.92 Å². The van der Waals surface area contributed by atoms with Gasteiger partial charge in [-0.2, -0.15) is 9.36 Å². The molecular formula is C12H21N5OS. The highest BCUT2D eigenvalue weighted by atomic mass is 32.1. The molecule has 106 valence electrons. The van der Waals surface area contributed by atoms with Gasteiger partial charge in [0.2, 0.25) is 11.1 Å². The number of piperazine rings is 1. The van der Waals surface area contributed by atoms with E-state index in [1.165, 1.54) is 11.5 Å². The minimum Gasteiger partial charge on any atom is -0.378 e. The molecule has 2 fully saturated rings. The van der Waals surface area contributed by atoms with Crippen LogP contribution in [0.3, 0.4) is 0 Å². The SMILES string of the molecule is C[C@H]1COC[C@H]2CN(c3nc(N(C)C)ns3)CCN21. The molecule has 0 saturated carbocycles. The van der Waals surface area contributed by atoms with Crippen LogP contribution >= 0.6 is 11.5 Å². The Labute approximate surface area is 118 Å². The van der Waals surface area contributed by atoms with E-state index in [1.807, 2.05) is 19.0 Å². The molecule has 2 saturated heterocycles. The van der Waals surface area contributed by atoms with E-state index in [0.29, 0.717) is 12.1 Å². The maximum atomic E-state index is 5.67. The van der Waals surface area contributed by atoms with Crippen molar-refractivity contribution in [3.8, 4) is 0 Å². The molecule has 0 amide bonds.